The van der Waals surface area contributed by atoms with Gasteiger partial charge in [-0.05, 0) is 29.8 Å². The molecule has 0 spiro atoms. The van der Waals surface area contributed by atoms with E-state index in [2.05, 4.69) is 20.3 Å². The summed E-state index contributed by atoms with van der Waals surface area (Å²) in [4.78, 5) is 24.1. The van der Waals surface area contributed by atoms with Crippen molar-refractivity contribution in [2.45, 2.75) is 12.7 Å². The minimum atomic E-state index is -4.38. The van der Waals surface area contributed by atoms with Crippen LogP contribution < -0.4 is 5.32 Å². The van der Waals surface area contributed by atoms with E-state index in [0.29, 0.717) is 16.8 Å². The third kappa shape index (κ3) is 4.21. The predicted molar refractivity (Wildman–Crippen MR) is 87.9 cm³/mol. The molecule has 1 N–H and O–H groups in total. The largest absolute Gasteiger partial charge is 0.416 e. The highest BCUT2D eigenvalue weighted by atomic mass is 19.4. The van der Waals surface area contributed by atoms with Crippen LogP contribution in [0, 0.1) is 0 Å². The maximum atomic E-state index is 12.5. The molecule has 0 aliphatic carbocycles. The second kappa shape index (κ2) is 7.30. The van der Waals surface area contributed by atoms with Crippen molar-refractivity contribution in [3.05, 3.63) is 78.0 Å². The Kier molecular flexibility index (Phi) is 4.92. The number of hydrogen-bond donors (Lipinski definition) is 1. The zero-order valence-electron chi connectivity index (χ0n) is 13.4. The SMILES string of the molecule is O=C(NCc1ccc(C(F)(F)F)cc1)c1ccc(-c2cncnc2)nc1. The number of pyridine rings is 1. The summed E-state index contributed by atoms with van der Waals surface area (Å²) >= 11 is 0. The van der Waals surface area contributed by atoms with E-state index in [1.165, 1.54) is 24.7 Å². The van der Waals surface area contributed by atoms with E-state index in [9.17, 15) is 18.0 Å². The lowest BCUT2D eigenvalue weighted by Gasteiger charge is -2.09. The molecule has 132 valence electrons. The van der Waals surface area contributed by atoms with Crippen LogP contribution in [0.25, 0.3) is 11.3 Å². The second-order valence-electron chi connectivity index (χ2n) is 5.44. The van der Waals surface area contributed by atoms with E-state index in [-0.39, 0.29) is 12.5 Å². The minimum Gasteiger partial charge on any atom is -0.348 e. The van der Waals surface area contributed by atoms with Crippen molar-refractivity contribution in [3.63, 3.8) is 0 Å². The van der Waals surface area contributed by atoms with Gasteiger partial charge in [-0.2, -0.15) is 13.2 Å². The first-order chi connectivity index (χ1) is 12.4. The van der Waals surface area contributed by atoms with Crippen LogP contribution in [-0.2, 0) is 12.7 Å². The third-order valence-electron chi connectivity index (χ3n) is 3.62. The molecule has 3 rings (SSSR count). The number of carbonyl (C=O) groups excluding carboxylic acids is 1. The number of nitrogens with zero attached hydrogens (tertiary/aromatic N) is 3. The molecule has 0 unspecified atom stereocenters. The molecular formula is C18H13F3N4O. The first kappa shape index (κ1) is 17.5. The molecule has 0 aliphatic heterocycles. The first-order valence-corrected chi connectivity index (χ1v) is 7.59. The lowest BCUT2D eigenvalue weighted by Crippen LogP contribution is -2.23. The lowest BCUT2D eigenvalue weighted by atomic mass is 10.1. The molecule has 0 atom stereocenters. The van der Waals surface area contributed by atoms with E-state index in [0.717, 1.165) is 17.7 Å². The number of rotatable bonds is 4. The highest BCUT2D eigenvalue weighted by molar-refractivity contribution is 5.94. The smallest absolute Gasteiger partial charge is 0.348 e. The summed E-state index contributed by atoms with van der Waals surface area (Å²) in [6.07, 6.45) is 1.68. The standard InChI is InChI=1S/C18H13F3N4O/c19-18(20,21)15-4-1-12(2-5-15)7-25-17(26)13-3-6-16(24-10-13)14-8-22-11-23-9-14/h1-6,8-11H,7H2,(H,25,26). The van der Waals surface area contributed by atoms with Crippen LogP contribution in [0.1, 0.15) is 21.5 Å². The molecule has 0 fully saturated rings. The monoisotopic (exact) mass is 358 g/mol. The van der Waals surface area contributed by atoms with Gasteiger partial charge >= 0.3 is 6.18 Å². The number of amides is 1. The van der Waals surface area contributed by atoms with Gasteiger partial charge in [-0.25, -0.2) is 9.97 Å². The van der Waals surface area contributed by atoms with Gasteiger partial charge in [0.15, 0.2) is 0 Å². The van der Waals surface area contributed by atoms with Crippen LogP contribution in [0.5, 0.6) is 0 Å². The number of hydrogen-bond acceptors (Lipinski definition) is 4. The molecule has 0 saturated heterocycles. The Labute approximate surface area is 147 Å². The van der Waals surface area contributed by atoms with E-state index in [1.807, 2.05) is 0 Å². The predicted octanol–water partition coefficient (Wildman–Crippen LogP) is 3.49. The number of carbonyl (C=O) groups is 1. The average Bonchev–Trinajstić information content (AvgIpc) is 2.66. The van der Waals surface area contributed by atoms with Gasteiger partial charge in [0.05, 0.1) is 16.8 Å². The van der Waals surface area contributed by atoms with Crippen LogP contribution in [0.15, 0.2) is 61.3 Å². The van der Waals surface area contributed by atoms with Crippen molar-refractivity contribution >= 4 is 5.91 Å². The van der Waals surface area contributed by atoms with Gasteiger partial charge in [-0.3, -0.25) is 9.78 Å². The Morgan fingerprint density at radius 3 is 2.23 bits per heavy atom. The Hall–Kier alpha value is -3.29. The zero-order chi connectivity index (χ0) is 18.6. The third-order valence-corrected chi connectivity index (χ3v) is 3.62. The maximum absolute atomic E-state index is 12.5. The van der Waals surface area contributed by atoms with Crippen LogP contribution in [0.3, 0.4) is 0 Å². The fraction of sp³-hybridized carbons (Fsp3) is 0.111. The molecule has 1 amide bonds. The summed E-state index contributed by atoms with van der Waals surface area (Å²) in [6, 6.07) is 7.92. The fourth-order valence-electron chi connectivity index (χ4n) is 2.23. The average molecular weight is 358 g/mol. The molecule has 0 aliphatic rings. The molecule has 2 heterocycles. The summed E-state index contributed by atoms with van der Waals surface area (Å²) < 4.78 is 37.6. The minimum absolute atomic E-state index is 0.116. The van der Waals surface area contributed by atoms with Crippen LogP contribution in [0.2, 0.25) is 0 Å². The van der Waals surface area contributed by atoms with Crippen LogP contribution in [0.4, 0.5) is 13.2 Å². The number of halogens is 3. The summed E-state index contributed by atoms with van der Waals surface area (Å²) in [5, 5.41) is 2.65. The molecule has 1 aromatic carbocycles. The van der Waals surface area contributed by atoms with Crippen molar-refractivity contribution in [1.29, 1.82) is 0 Å². The van der Waals surface area contributed by atoms with Gasteiger partial charge in [0, 0.05) is 30.7 Å². The van der Waals surface area contributed by atoms with E-state index >= 15 is 0 Å². The van der Waals surface area contributed by atoms with Crippen LogP contribution >= 0.6 is 0 Å². The maximum Gasteiger partial charge on any atom is 0.416 e. The van der Waals surface area contributed by atoms with Crippen LogP contribution in [-0.4, -0.2) is 20.9 Å². The molecule has 26 heavy (non-hydrogen) atoms. The summed E-state index contributed by atoms with van der Waals surface area (Å²) in [7, 11) is 0. The fourth-order valence-corrected chi connectivity index (χ4v) is 2.23. The molecule has 2 aromatic heterocycles. The Bertz CT molecular complexity index is 879. The first-order valence-electron chi connectivity index (χ1n) is 7.59. The Balaban J connectivity index is 1.61. The van der Waals surface area contributed by atoms with Crippen molar-refractivity contribution in [1.82, 2.24) is 20.3 Å². The van der Waals surface area contributed by atoms with E-state index < -0.39 is 11.7 Å². The zero-order valence-corrected chi connectivity index (χ0v) is 13.4. The number of nitrogens with one attached hydrogen (secondary N) is 1. The van der Waals surface area contributed by atoms with Crippen molar-refractivity contribution < 1.29 is 18.0 Å². The number of alkyl halides is 3. The highest BCUT2D eigenvalue weighted by Gasteiger charge is 2.29. The summed E-state index contributed by atoms with van der Waals surface area (Å²) in [5.74, 6) is -0.367. The molecule has 8 heteroatoms. The number of benzene rings is 1. The van der Waals surface area contributed by atoms with E-state index in [4.69, 9.17) is 0 Å². The van der Waals surface area contributed by atoms with Gasteiger partial charge in [0.1, 0.15) is 6.33 Å². The van der Waals surface area contributed by atoms with Crippen molar-refractivity contribution in [2.75, 3.05) is 0 Å². The molecule has 5 nitrogen and oxygen atoms in total. The molecule has 3 aromatic rings. The molecular weight excluding hydrogens is 345 g/mol. The Morgan fingerprint density at radius 1 is 0.962 bits per heavy atom. The van der Waals surface area contributed by atoms with Gasteiger partial charge in [0.2, 0.25) is 0 Å². The quantitative estimate of drug-likeness (QED) is 0.775. The van der Waals surface area contributed by atoms with Gasteiger partial charge in [0.25, 0.3) is 5.91 Å². The molecule has 0 saturated carbocycles. The summed E-state index contributed by atoms with van der Waals surface area (Å²) in [5.41, 5.74) is 1.54. The molecule has 0 bridgehead atoms. The Morgan fingerprint density at radius 2 is 1.65 bits per heavy atom. The number of aromatic nitrogens is 3. The van der Waals surface area contributed by atoms with Crippen molar-refractivity contribution in [2.24, 2.45) is 0 Å². The van der Waals surface area contributed by atoms with Gasteiger partial charge in [-0.1, -0.05) is 12.1 Å². The molecule has 0 radical (unpaired) electrons. The van der Waals surface area contributed by atoms with Crippen molar-refractivity contribution in [3.8, 4) is 11.3 Å². The highest BCUT2D eigenvalue weighted by Crippen LogP contribution is 2.29. The van der Waals surface area contributed by atoms with Gasteiger partial charge < -0.3 is 5.32 Å². The van der Waals surface area contributed by atoms with E-state index in [1.54, 1.807) is 24.5 Å². The lowest BCUT2D eigenvalue weighted by molar-refractivity contribution is -0.137. The summed E-state index contributed by atoms with van der Waals surface area (Å²) in [6.45, 7) is 0.116. The normalized spacial score (nSPS) is 11.2. The van der Waals surface area contributed by atoms with Gasteiger partial charge in [-0.15, -0.1) is 0 Å². The topological polar surface area (TPSA) is 67.8 Å². The second-order valence-corrected chi connectivity index (χ2v) is 5.44.